The number of carboxylic acid groups (broad SMARTS) is 1. The lowest BCUT2D eigenvalue weighted by molar-refractivity contribution is -0.137. The first-order valence-electron chi connectivity index (χ1n) is 7.45. The van der Waals surface area contributed by atoms with Crippen LogP contribution in [0, 0.1) is 18.3 Å². The van der Waals surface area contributed by atoms with E-state index in [-0.39, 0.29) is 23.4 Å². The summed E-state index contributed by atoms with van der Waals surface area (Å²) in [5, 5.41) is 11.9. The molecule has 1 saturated carbocycles. The summed E-state index contributed by atoms with van der Waals surface area (Å²) in [5.74, 6) is 0.391. The van der Waals surface area contributed by atoms with Crippen molar-refractivity contribution in [1.82, 2.24) is 5.32 Å². The van der Waals surface area contributed by atoms with Crippen LogP contribution in [-0.2, 0) is 11.3 Å². The zero-order valence-electron chi connectivity index (χ0n) is 12.9. The van der Waals surface area contributed by atoms with Gasteiger partial charge in [-0.1, -0.05) is 20.3 Å². The fraction of sp³-hybridized carbons (Fsp3) is 0.625. The van der Waals surface area contributed by atoms with Crippen molar-refractivity contribution >= 4 is 11.9 Å². The fourth-order valence-electron chi connectivity index (χ4n) is 3.11. The van der Waals surface area contributed by atoms with Crippen LogP contribution in [0.5, 0.6) is 0 Å². The molecule has 0 radical (unpaired) electrons. The summed E-state index contributed by atoms with van der Waals surface area (Å²) in [7, 11) is 0. The van der Waals surface area contributed by atoms with Gasteiger partial charge < -0.3 is 14.8 Å². The smallest absolute Gasteiger partial charge is 0.339 e. The molecule has 1 aliphatic carbocycles. The van der Waals surface area contributed by atoms with Crippen LogP contribution in [0.3, 0.4) is 0 Å². The number of carboxylic acids is 1. The summed E-state index contributed by atoms with van der Waals surface area (Å²) in [5.41, 5.74) is -0.0781. The molecule has 0 atom stereocenters. The molecule has 0 spiro atoms. The molecule has 0 unspecified atom stereocenters. The first kappa shape index (κ1) is 15.6. The van der Waals surface area contributed by atoms with E-state index in [1.807, 2.05) is 0 Å². The number of rotatable bonds is 6. The van der Waals surface area contributed by atoms with Gasteiger partial charge in [0.15, 0.2) is 0 Å². The Hall–Kier alpha value is -1.78. The molecule has 0 aromatic carbocycles. The molecule has 1 aromatic rings. The second-order valence-electron chi connectivity index (χ2n) is 6.40. The van der Waals surface area contributed by atoms with E-state index in [1.165, 1.54) is 6.07 Å². The molecule has 1 aromatic heterocycles. The molecular formula is C16H23NO4. The zero-order chi connectivity index (χ0) is 15.6. The van der Waals surface area contributed by atoms with Crippen LogP contribution in [-0.4, -0.2) is 17.0 Å². The van der Waals surface area contributed by atoms with Gasteiger partial charge in [-0.2, -0.15) is 0 Å². The number of hydrogen-bond acceptors (Lipinski definition) is 3. The Kier molecular flexibility index (Phi) is 4.40. The molecule has 1 fully saturated rings. The minimum atomic E-state index is -1.01. The molecule has 1 aliphatic rings. The van der Waals surface area contributed by atoms with Crippen molar-refractivity contribution in [2.45, 2.75) is 53.0 Å². The predicted molar refractivity (Wildman–Crippen MR) is 78.0 cm³/mol. The van der Waals surface area contributed by atoms with Crippen LogP contribution in [0.15, 0.2) is 10.5 Å². The third kappa shape index (κ3) is 3.28. The molecule has 2 N–H and O–H groups in total. The Bertz CT molecular complexity index is 540. The first-order valence-corrected chi connectivity index (χ1v) is 7.45. The van der Waals surface area contributed by atoms with E-state index in [1.54, 1.807) is 6.92 Å². The van der Waals surface area contributed by atoms with Crippen molar-refractivity contribution in [2.24, 2.45) is 11.3 Å². The van der Waals surface area contributed by atoms with E-state index >= 15 is 0 Å². The standard InChI is InChI=1S/C16H23NO4/c1-10(2)8-16(5-4-6-16)15(20)17-9-12-7-13(14(18)19)11(3)21-12/h7,10H,4-6,8-9H2,1-3H3,(H,17,20)(H,18,19). The average molecular weight is 293 g/mol. The van der Waals surface area contributed by atoms with E-state index in [0.717, 1.165) is 25.7 Å². The van der Waals surface area contributed by atoms with Crippen molar-refractivity contribution in [2.75, 3.05) is 0 Å². The van der Waals surface area contributed by atoms with Gasteiger partial charge in [-0.15, -0.1) is 0 Å². The molecule has 5 nitrogen and oxygen atoms in total. The number of amides is 1. The summed E-state index contributed by atoms with van der Waals surface area (Å²) in [4.78, 5) is 23.4. The highest BCUT2D eigenvalue weighted by Gasteiger charge is 2.44. The predicted octanol–water partition coefficient (Wildman–Crippen LogP) is 3.12. The van der Waals surface area contributed by atoms with Gasteiger partial charge in [0.05, 0.1) is 6.54 Å². The highest BCUT2D eigenvalue weighted by molar-refractivity contribution is 5.89. The molecule has 0 bridgehead atoms. The van der Waals surface area contributed by atoms with Crippen molar-refractivity contribution in [3.05, 3.63) is 23.2 Å². The largest absolute Gasteiger partial charge is 0.478 e. The maximum atomic E-state index is 12.4. The first-order chi connectivity index (χ1) is 9.84. The highest BCUT2D eigenvalue weighted by atomic mass is 16.4. The number of hydrogen-bond donors (Lipinski definition) is 2. The third-order valence-electron chi connectivity index (χ3n) is 4.21. The molecule has 0 saturated heterocycles. The van der Waals surface area contributed by atoms with E-state index < -0.39 is 5.97 Å². The summed E-state index contributed by atoms with van der Waals surface area (Å²) < 4.78 is 5.38. The van der Waals surface area contributed by atoms with Gasteiger partial charge in [-0.05, 0) is 38.2 Å². The molecule has 116 valence electrons. The number of aryl methyl sites for hydroxylation is 1. The van der Waals surface area contributed by atoms with Gasteiger partial charge in [-0.25, -0.2) is 4.79 Å². The molecule has 21 heavy (non-hydrogen) atoms. The maximum Gasteiger partial charge on any atom is 0.339 e. The monoisotopic (exact) mass is 293 g/mol. The van der Waals surface area contributed by atoms with Crippen LogP contribution >= 0.6 is 0 Å². The van der Waals surface area contributed by atoms with E-state index in [2.05, 4.69) is 19.2 Å². The third-order valence-corrected chi connectivity index (χ3v) is 4.21. The Morgan fingerprint density at radius 1 is 1.43 bits per heavy atom. The minimum absolute atomic E-state index is 0.0633. The zero-order valence-corrected chi connectivity index (χ0v) is 12.9. The highest BCUT2D eigenvalue weighted by Crippen LogP contribution is 2.46. The van der Waals surface area contributed by atoms with Gasteiger partial charge in [0.1, 0.15) is 17.1 Å². The molecule has 0 aliphatic heterocycles. The van der Waals surface area contributed by atoms with Crippen molar-refractivity contribution in [3.8, 4) is 0 Å². The lowest BCUT2D eigenvalue weighted by Gasteiger charge is -2.41. The Morgan fingerprint density at radius 2 is 2.10 bits per heavy atom. The summed E-state index contributed by atoms with van der Waals surface area (Å²) in [6, 6.07) is 1.48. The van der Waals surface area contributed by atoms with Gasteiger partial charge in [0.25, 0.3) is 0 Å². The molecule has 1 amide bonds. The van der Waals surface area contributed by atoms with Crippen molar-refractivity contribution in [3.63, 3.8) is 0 Å². The summed E-state index contributed by atoms with van der Waals surface area (Å²) in [6.45, 7) is 6.11. The Labute approximate surface area is 124 Å². The quantitative estimate of drug-likeness (QED) is 0.844. The van der Waals surface area contributed by atoms with E-state index in [0.29, 0.717) is 17.4 Å². The minimum Gasteiger partial charge on any atom is -0.478 e. The second-order valence-corrected chi connectivity index (χ2v) is 6.40. The van der Waals surface area contributed by atoms with E-state index in [4.69, 9.17) is 9.52 Å². The van der Waals surface area contributed by atoms with Gasteiger partial charge in [0, 0.05) is 5.41 Å². The summed E-state index contributed by atoms with van der Waals surface area (Å²) in [6.07, 6.45) is 3.88. The second kappa shape index (κ2) is 5.92. The number of carbonyl (C=O) groups excluding carboxylic acids is 1. The normalized spacial score (nSPS) is 16.6. The van der Waals surface area contributed by atoms with Crippen LogP contribution in [0.4, 0.5) is 0 Å². The number of furan rings is 1. The molecule has 5 heteroatoms. The average Bonchev–Trinajstić information content (AvgIpc) is 2.72. The number of aromatic carboxylic acids is 1. The fourth-order valence-corrected chi connectivity index (χ4v) is 3.11. The Balaban J connectivity index is 1.97. The maximum absolute atomic E-state index is 12.4. The van der Waals surface area contributed by atoms with Gasteiger partial charge in [-0.3, -0.25) is 4.79 Å². The summed E-state index contributed by atoms with van der Waals surface area (Å²) >= 11 is 0. The number of nitrogens with one attached hydrogen (secondary N) is 1. The van der Waals surface area contributed by atoms with Crippen LogP contribution < -0.4 is 5.32 Å². The van der Waals surface area contributed by atoms with Crippen LogP contribution in [0.2, 0.25) is 0 Å². The van der Waals surface area contributed by atoms with Crippen molar-refractivity contribution < 1.29 is 19.1 Å². The van der Waals surface area contributed by atoms with Gasteiger partial charge >= 0.3 is 5.97 Å². The Morgan fingerprint density at radius 3 is 2.52 bits per heavy atom. The van der Waals surface area contributed by atoms with Crippen molar-refractivity contribution in [1.29, 1.82) is 0 Å². The number of carbonyl (C=O) groups is 2. The SMILES string of the molecule is Cc1oc(CNC(=O)C2(CC(C)C)CCC2)cc1C(=O)O. The van der Waals surface area contributed by atoms with Crippen LogP contribution in [0.1, 0.15) is 61.4 Å². The van der Waals surface area contributed by atoms with Crippen LogP contribution in [0.25, 0.3) is 0 Å². The van der Waals surface area contributed by atoms with Gasteiger partial charge in [0.2, 0.25) is 5.91 Å². The molecule has 1 heterocycles. The lowest BCUT2D eigenvalue weighted by Crippen LogP contribution is -2.46. The topological polar surface area (TPSA) is 79.5 Å². The van der Waals surface area contributed by atoms with E-state index in [9.17, 15) is 9.59 Å². The molecular weight excluding hydrogens is 270 g/mol. The lowest BCUT2D eigenvalue weighted by atomic mass is 9.64. The molecule has 2 rings (SSSR count).